The molecule has 24 heavy (non-hydrogen) atoms. The van der Waals surface area contributed by atoms with Gasteiger partial charge < -0.3 is 15.2 Å². The molecular weight excluding hydrogens is 353 g/mol. The van der Waals surface area contributed by atoms with Crippen LogP contribution in [-0.2, 0) is 4.79 Å². The highest BCUT2D eigenvalue weighted by molar-refractivity contribution is 6.45. The Morgan fingerprint density at radius 2 is 1.96 bits per heavy atom. The molecule has 0 radical (unpaired) electrons. The number of likely N-dealkylation sites (tertiary alicyclic amines) is 1. The number of rotatable bonds is 1. The highest BCUT2D eigenvalue weighted by atomic mass is 35.5. The third-order valence-electron chi connectivity index (χ3n) is 4.65. The molecule has 0 unspecified atom stereocenters. The van der Waals surface area contributed by atoms with E-state index in [1.807, 2.05) is 0 Å². The van der Waals surface area contributed by atoms with E-state index in [0.29, 0.717) is 35.4 Å². The van der Waals surface area contributed by atoms with Crippen LogP contribution in [0.25, 0.3) is 10.9 Å². The zero-order valence-electron chi connectivity index (χ0n) is 12.5. The van der Waals surface area contributed by atoms with Crippen LogP contribution in [0.5, 0.6) is 0 Å². The highest BCUT2D eigenvalue weighted by Crippen LogP contribution is 2.32. The Labute approximate surface area is 146 Å². The first-order valence-corrected chi connectivity index (χ1v) is 8.25. The number of benzene rings is 1. The van der Waals surface area contributed by atoms with E-state index in [2.05, 4.69) is 10.3 Å². The summed E-state index contributed by atoms with van der Waals surface area (Å²) in [7, 11) is 0. The van der Waals surface area contributed by atoms with E-state index in [1.165, 1.54) is 6.07 Å². The van der Waals surface area contributed by atoms with Gasteiger partial charge in [0.05, 0.1) is 21.1 Å². The van der Waals surface area contributed by atoms with Crippen molar-refractivity contribution in [1.29, 1.82) is 0 Å². The second-order valence-electron chi connectivity index (χ2n) is 6.33. The van der Waals surface area contributed by atoms with Crippen LogP contribution >= 0.6 is 23.2 Å². The van der Waals surface area contributed by atoms with Crippen molar-refractivity contribution in [3.8, 4) is 0 Å². The minimum Gasteiger partial charge on any atom is -0.347 e. The van der Waals surface area contributed by atoms with Gasteiger partial charge in [-0.25, -0.2) is 0 Å². The molecule has 2 fully saturated rings. The first kappa shape index (κ1) is 15.5. The number of H-pyrrole nitrogens is 1. The Morgan fingerprint density at radius 1 is 1.21 bits per heavy atom. The van der Waals surface area contributed by atoms with Crippen LogP contribution in [0.2, 0.25) is 10.0 Å². The Hall–Kier alpha value is -2.05. The molecule has 8 heteroatoms. The number of nitrogens with one attached hydrogen (secondary N) is 2. The fourth-order valence-corrected chi connectivity index (χ4v) is 3.76. The summed E-state index contributed by atoms with van der Waals surface area (Å²) in [5.41, 5.74) is -0.352. The molecule has 1 aromatic heterocycles. The number of carbonyl (C=O) groups is 2. The number of carbonyl (C=O) groups excluding carboxylic acids is 2. The van der Waals surface area contributed by atoms with Gasteiger partial charge >= 0.3 is 0 Å². The summed E-state index contributed by atoms with van der Waals surface area (Å²) in [6.45, 7) is 0.854. The third-order valence-corrected chi connectivity index (χ3v) is 5.45. The van der Waals surface area contributed by atoms with Gasteiger partial charge in [-0.15, -0.1) is 0 Å². The van der Waals surface area contributed by atoms with Crippen LogP contribution in [0, 0.1) is 0 Å². The molecule has 0 atom stereocenters. The van der Waals surface area contributed by atoms with Gasteiger partial charge in [0.25, 0.3) is 11.5 Å². The van der Waals surface area contributed by atoms with Crippen LogP contribution in [0.3, 0.4) is 0 Å². The lowest BCUT2D eigenvalue weighted by Gasteiger charge is -2.47. The maximum atomic E-state index is 12.6. The van der Waals surface area contributed by atoms with Gasteiger partial charge in [-0.1, -0.05) is 29.3 Å². The van der Waals surface area contributed by atoms with Crippen LogP contribution in [0.4, 0.5) is 0 Å². The Morgan fingerprint density at radius 3 is 2.62 bits per heavy atom. The smallest absolute Gasteiger partial charge is 0.261 e. The van der Waals surface area contributed by atoms with Crippen LogP contribution < -0.4 is 10.9 Å². The molecular formula is C16H13Cl2N3O3. The van der Waals surface area contributed by atoms with Gasteiger partial charge in [0.15, 0.2) is 0 Å². The summed E-state index contributed by atoms with van der Waals surface area (Å²) in [5.74, 6) is -0.340. The van der Waals surface area contributed by atoms with E-state index < -0.39 is 5.56 Å². The largest absolute Gasteiger partial charge is 0.347 e. The van der Waals surface area contributed by atoms with Crippen LogP contribution in [0.15, 0.2) is 23.0 Å². The van der Waals surface area contributed by atoms with Crippen molar-refractivity contribution in [3.63, 3.8) is 0 Å². The summed E-state index contributed by atoms with van der Waals surface area (Å²) < 4.78 is 0. The predicted molar refractivity (Wildman–Crippen MR) is 90.6 cm³/mol. The lowest BCUT2D eigenvalue weighted by atomic mass is 9.88. The average Bonchev–Trinajstić information content (AvgIpc) is 2.91. The zero-order valence-corrected chi connectivity index (χ0v) is 14.0. The van der Waals surface area contributed by atoms with Crippen molar-refractivity contribution >= 4 is 45.9 Å². The summed E-state index contributed by atoms with van der Waals surface area (Å²) in [5, 5.41) is 4.13. The molecule has 2 aromatic rings. The lowest BCUT2D eigenvalue weighted by Crippen LogP contribution is -2.68. The quantitative estimate of drug-likeness (QED) is 0.809. The fraction of sp³-hybridized carbons (Fsp3) is 0.312. The topological polar surface area (TPSA) is 82.3 Å². The van der Waals surface area contributed by atoms with Gasteiger partial charge in [0.1, 0.15) is 5.56 Å². The summed E-state index contributed by atoms with van der Waals surface area (Å²) in [4.78, 5) is 40.4. The van der Waals surface area contributed by atoms with Gasteiger partial charge in [-0.3, -0.25) is 14.4 Å². The lowest BCUT2D eigenvalue weighted by molar-refractivity contribution is -0.120. The molecule has 0 saturated carbocycles. The summed E-state index contributed by atoms with van der Waals surface area (Å²) in [6, 6.07) is 4.84. The van der Waals surface area contributed by atoms with E-state index in [0.717, 1.165) is 6.42 Å². The number of pyridine rings is 1. The zero-order chi connectivity index (χ0) is 17.1. The first-order chi connectivity index (χ1) is 11.4. The number of nitrogens with zero attached hydrogens (tertiary/aromatic N) is 1. The Kier molecular flexibility index (Phi) is 3.37. The number of amides is 2. The number of aromatic amines is 1. The SMILES string of the molecule is O=C1CCC2(CN(C(=O)c3cc4ccc(Cl)c(Cl)c4[nH]c3=O)C2)N1. The predicted octanol–water partition coefficient (Wildman–Crippen LogP) is 1.94. The molecule has 2 N–H and O–H groups in total. The second-order valence-corrected chi connectivity index (χ2v) is 7.11. The molecule has 0 bridgehead atoms. The van der Waals surface area contributed by atoms with E-state index in [1.54, 1.807) is 17.0 Å². The number of halogens is 2. The van der Waals surface area contributed by atoms with Crippen molar-refractivity contribution in [1.82, 2.24) is 15.2 Å². The van der Waals surface area contributed by atoms with E-state index in [4.69, 9.17) is 23.2 Å². The molecule has 4 rings (SSSR count). The van der Waals surface area contributed by atoms with Crippen molar-refractivity contribution in [3.05, 3.63) is 44.2 Å². The van der Waals surface area contributed by atoms with Crippen molar-refractivity contribution in [2.45, 2.75) is 18.4 Å². The van der Waals surface area contributed by atoms with Gasteiger partial charge in [0, 0.05) is 24.9 Å². The first-order valence-electron chi connectivity index (χ1n) is 7.50. The molecule has 0 aliphatic carbocycles. The van der Waals surface area contributed by atoms with Crippen LogP contribution in [0.1, 0.15) is 23.2 Å². The summed E-state index contributed by atoms with van der Waals surface area (Å²) in [6.07, 6.45) is 1.20. The normalized spacial score (nSPS) is 18.8. The number of hydrogen-bond acceptors (Lipinski definition) is 3. The Bertz CT molecular complexity index is 947. The third kappa shape index (κ3) is 2.29. The van der Waals surface area contributed by atoms with Gasteiger partial charge in [0.2, 0.25) is 5.91 Å². The molecule has 2 saturated heterocycles. The molecule has 6 nitrogen and oxygen atoms in total. The Balaban J connectivity index is 1.64. The van der Waals surface area contributed by atoms with E-state index in [9.17, 15) is 14.4 Å². The molecule has 2 aliphatic heterocycles. The van der Waals surface area contributed by atoms with E-state index in [-0.39, 0.29) is 27.9 Å². The minimum atomic E-state index is -0.506. The molecule has 124 valence electrons. The standard InChI is InChI=1S/C16H13Cl2N3O3/c17-10-2-1-8-5-9(14(23)19-13(8)12(10)18)15(24)21-6-16(7-21)4-3-11(22)20-16/h1-2,5H,3-4,6-7H2,(H,19,23)(H,20,22). The number of fused-ring (bicyclic) bond motifs is 1. The number of hydrogen-bond donors (Lipinski definition) is 2. The molecule has 2 amide bonds. The van der Waals surface area contributed by atoms with Crippen LogP contribution in [-0.4, -0.2) is 40.3 Å². The maximum Gasteiger partial charge on any atom is 0.261 e. The molecule has 1 aromatic carbocycles. The maximum absolute atomic E-state index is 12.6. The van der Waals surface area contributed by atoms with Gasteiger partial charge in [-0.2, -0.15) is 0 Å². The summed E-state index contributed by atoms with van der Waals surface area (Å²) >= 11 is 12.0. The van der Waals surface area contributed by atoms with E-state index >= 15 is 0 Å². The van der Waals surface area contributed by atoms with Gasteiger partial charge in [-0.05, 0) is 18.6 Å². The molecule has 1 spiro atoms. The second kappa shape index (κ2) is 5.22. The average molecular weight is 366 g/mol. The fourth-order valence-electron chi connectivity index (χ4n) is 3.38. The minimum absolute atomic E-state index is 0.0113. The molecule has 3 heterocycles. The molecule has 2 aliphatic rings. The van der Waals surface area contributed by atoms with Crippen molar-refractivity contribution in [2.24, 2.45) is 0 Å². The highest BCUT2D eigenvalue weighted by Gasteiger charge is 2.49. The monoisotopic (exact) mass is 365 g/mol. The number of aromatic nitrogens is 1. The van der Waals surface area contributed by atoms with Crippen molar-refractivity contribution < 1.29 is 9.59 Å². The van der Waals surface area contributed by atoms with Crippen molar-refractivity contribution in [2.75, 3.05) is 13.1 Å².